The van der Waals surface area contributed by atoms with Gasteiger partial charge >= 0.3 is 0 Å². The number of pyridine rings is 2. The summed E-state index contributed by atoms with van der Waals surface area (Å²) in [6, 6.07) is 14.9. The predicted octanol–water partition coefficient (Wildman–Crippen LogP) is 4.65. The van der Waals surface area contributed by atoms with E-state index in [1.165, 1.54) is 16.7 Å². The van der Waals surface area contributed by atoms with Gasteiger partial charge in [0.2, 0.25) is 5.88 Å². The Bertz CT molecular complexity index is 1180. The minimum absolute atomic E-state index is 0.289. The van der Waals surface area contributed by atoms with E-state index in [1.807, 2.05) is 18.2 Å². The van der Waals surface area contributed by atoms with E-state index in [-0.39, 0.29) is 6.04 Å². The zero-order chi connectivity index (χ0) is 19.3. The number of hydrogen-bond acceptors (Lipinski definition) is 4. The summed E-state index contributed by atoms with van der Waals surface area (Å²) in [6.45, 7) is 4.34. The van der Waals surface area contributed by atoms with Crippen LogP contribution in [0.2, 0.25) is 0 Å². The Balaban J connectivity index is 1.64. The van der Waals surface area contributed by atoms with Crippen molar-refractivity contribution in [3.05, 3.63) is 71.2 Å². The summed E-state index contributed by atoms with van der Waals surface area (Å²) in [5, 5.41) is 0. The third-order valence-electron chi connectivity index (χ3n) is 5.60. The number of aromatic nitrogens is 4. The van der Waals surface area contributed by atoms with Crippen LogP contribution in [0.15, 0.2) is 48.7 Å². The van der Waals surface area contributed by atoms with Crippen LogP contribution in [-0.2, 0) is 6.42 Å². The fourth-order valence-corrected chi connectivity index (χ4v) is 4.15. The third kappa shape index (κ3) is 2.66. The zero-order valence-corrected chi connectivity index (χ0v) is 16.3. The predicted molar refractivity (Wildman–Crippen MR) is 110 cm³/mol. The Labute approximate surface area is 164 Å². The van der Waals surface area contributed by atoms with E-state index in [4.69, 9.17) is 14.7 Å². The molecule has 5 heteroatoms. The molecule has 0 amide bonds. The molecule has 3 aromatic heterocycles. The number of imidazole rings is 1. The molecular weight excluding hydrogens is 348 g/mol. The second kappa shape index (κ2) is 6.44. The number of ether oxygens (including phenoxy) is 1. The van der Waals surface area contributed by atoms with Crippen molar-refractivity contribution in [1.82, 2.24) is 19.5 Å². The van der Waals surface area contributed by atoms with Crippen molar-refractivity contribution in [1.29, 1.82) is 0 Å². The van der Waals surface area contributed by atoms with Gasteiger partial charge in [-0.2, -0.15) is 0 Å². The van der Waals surface area contributed by atoms with E-state index in [1.54, 1.807) is 13.3 Å². The first-order chi connectivity index (χ1) is 13.6. The molecule has 1 aliphatic rings. The van der Waals surface area contributed by atoms with Gasteiger partial charge in [0.1, 0.15) is 11.3 Å². The number of rotatable bonds is 3. The fraction of sp³-hybridized carbons (Fsp3) is 0.261. The Morgan fingerprint density at radius 2 is 1.93 bits per heavy atom. The van der Waals surface area contributed by atoms with Crippen molar-refractivity contribution in [2.45, 2.75) is 32.7 Å². The van der Waals surface area contributed by atoms with Crippen LogP contribution in [0.3, 0.4) is 0 Å². The first-order valence-corrected chi connectivity index (χ1v) is 9.59. The van der Waals surface area contributed by atoms with Crippen LogP contribution in [0.4, 0.5) is 0 Å². The quantitative estimate of drug-likeness (QED) is 0.526. The normalized spacial score (nSPS) is 15.8. The van der Waals surface area contributed by atoms with Gasteiger partial charge in [-0.1, -0.05) is 23.8 Å². The lowest BCUT2D eigenvalue weighted by molar-refractivity contribution is 0.398. The maximum Gasteiger partial charge on any atom is 0.212 e. The molecule has 4 aromatic rings. The summed E-state index contributed by atoms with van der Waals surface area (Å²) in [6.07, 6.45) is 3.85. The maximum absolute atomic E-state index is 5.16. The summed E-state index contributed by atoms with van der Waals surface area (Å²) >= 11 is 0. The second-order valence-corrected chi connectivity index (χ2v) is 7.44. The van der Waals surface area contributed by atoms with E-state index in [9.17, 15) is 0 Å². The number of aryl methyl sites for hydroxylation is 3. The van der Waals surface area contributed by atoms with Crippen LogP contribution in [0.5, 0.6) is 5.88 Å². The number of benzene rings is 1. The Hall–Kier alpha value is -3.21. The molecule has 0 radical (unpaired) electrons. The average molecular weight is 370 g/mol. The summed E-state index contributed by atoms with van der Waals surface area (Å²) < 4.78 is 7.49. The largest absolute Gasteiger partial charge is 0.481 e. The van der Waals surface area contributed by atoms with E-state index in [0.717, 1.165) is 41.1 Å². The van der Waals surface area contributed by atoms with E-state index in [2.05, 4.69) is 47.7 Å². The fourth-order valence-electron chi connectivity index (χ4n) is 4.15. The lowest BCUT2D eigenvalue weighted by atomic mass is 9.97. The molecule has 0 saturated carbocycles. The average Bonchev–Trinajstić information content (AvgIpc) is 3.29. The summed E-state index contributed by atoms with van der Waals surface area (Å²) in [7, 11) is 1.62. The zero-order valence-electron chi connectivity index (χ0n) is 16.3. The van der Waals surface area contributed by atoms with Gasteiger partial charge in [0.25, 0.3) is 0 Å². The van der Waals surface area contributed by atoms with Crippen molar-refractivity contribution in [3.63, 3.8) is 0 Å². The summed E-state index contributed by atoms with van der Waals surface area (Å²) in [5.41, 5.74) is 7.76. The highest BCUT2D eigenvalue weighted by molar-refractivity contribution is 5.76. The van der Waals surface area contributed by atoms with Gasteiger partial charge in [-0.25, -0.2) is 15.0 Å². The first kappa shape index (κ1) is 16.9. The highest BCUT2D eigenvalue weighted by Gasteiger charge is 2.29. The first-order valence-electron chi connectivity index (χ1n) is 9.59. The SMILES string of the molecule is COc1ccc(-c2ccc3nc4n(c3n2)C(c2cc(C)ccc2C)CC4)cn1. The van der Waals surface area contributed by atoms with E-state index < -0.39 is 0 Å². The molecule has 1 unspecified atom stereocenters. The number of fused-ring (bicyclic) bond motifs is 3. The van der Waals surface area contributed by atoms with Crippen LogP contribution >= 0.6 is 0 Å². The molecule has 0 saturated heterocycles. The smallest absolute Gasteiger partial charge is 0.212 e. The van der Waals surface area contributed by atoms with Crippen LogP contribution < -0.4 is 4.74 Å². The van der Waals surface area contributed by atoms with Gasteiger partial charge < -0.3 is 9.30 Å². The van der Waals surface area contributed by atoms with Gasteiger partial charge in [-0.3, -0.25) is 0 Å². The molecule has 1 aromatic carbocycles. The van der Waals surface area contributed by atoms with Gasteiger partial charge in [0.05, 0.1) is 18.8 Å². The van der Waals surface area contributed by atoms with Crippen LogP contribution in [0, 0.1) is 13.8 Å². The standard InChI is InChI=1S/C23H22N4O/c1-14-4-5-15(2)17(12-14)20-9-10-21-25-19-8-7-18(26-23(19)27(20)21)16-6-11-22(28-3)24-13-16/h4-8,11-13,20H,9-10H2,1-3H3. The van der Waals surface area contributed by atoms with Gasteiger partial charge in [0, 0.05) is 24.2 Å². The molecule has 5 nitrogen and oxygen atoms in total. The Morgan fingerprint density at radius 3 is 2.71 bits per heavy atom. The highest BCUT2D eigenvalue weighted by Crippen LogP contribution is 2.37. The van der Waals surface area contributed by atoms with Crippen molar-refractivity contribution in [2.75, 3.05) is 7.11 Å². The monoisotopic (exact) mass is 370 g/mol. The molecule has 0 spiro atoms. The summed E-state index contributed by atoms with van der Waals surface area (Å²) in [4.78, 5) is 14.1. The molecule has 4 heterocycles. The van der Waals surface area contributed by atoms with Gasteiger partial charge in [-0.05, 0) is 49.6 Å². The highest BCUT2D eigenvalue weighted by atomic mass is 16.5. The molecule has 140 valence electrons. The van der Waals surface area contributed by atoms with Gasteiger partial charge in [0.15, 0.2) is 5.65 Å². The molecule has 0 fully saturated rings. The van der Waals surface area contributed by atoms with Crippen molar-refractivity contribution >= 4 is 11.2 Å². The number of methoxy groups -OCH3 is 1. The number of nitrogens with zero attached hydrogens (tertiary/aromatic N) is 4. The molecule has 1 atom stereocenters. The number of hydrogen-bond donors (Lipinski definition) is 0. The minimum atomic E-state index is 0.289. The Kier molecular flexibility index (Phi) is 3.90. The molecule has 0 aliphatic carbocycles. The van der Waals surface area contributed by atoms with Gasteiger partial charge in [-0.15, -0.1) is 0 Å². The molecule has 28 heavy (non-hydrogen) atoms. The van der Waals surface area contributed by atoms with E-state index >= 15 is 0 Å². The van der Waals surface area contributed by atoms with Crippen molar-refractivity contribution in [2.24, 2.45) is 0 Å². The maximum atomic E-state index is 5.16. The molecule has 5 rings (SSSR count). The lowest BCUT2D eigenvalue weighted by Crippen LogP contribution is -2.08. The minimum Gasteiger partial charge on any atom is -0.481 e. The molecule has 0 bridgehead atoms. The molecular formula is C23H22N4O. The Morgan fingerprint density at radius 1 is 1.04 bits per heavy atom. The molecule has 1 aliphatic heterocycles. The van der Waals surface area contributed by atoms with Crippen LogP contribution in [-0.4, -0.2) is 26.6 Å². The second-order valence-electron chi connectivity index (χ2n) is 7.44. The topological polar surface area (TPSA) is 52.8 Å². The van der Waals surface area contributed by atoms with Crippen LogP contribution in [0.25, 0.3) is 22.4 Å². The lowest BCUT2D eigenvalue weighted by Gasteiger charge is -2.18. The molecule has 0 N–H and O–H groups in total. The van der Waals surface area contributed by atoms with Crippen molar-refractivity contribution < 1.29 is 4.74 Å². The summed E-state index contributed by atoms with van der Waals surface area (Å²) in [5.74, 6) is 1.73. The van der Waals surface area contributed by atoms with Crippen molar-refractivity contribution in [3.8, 4) is 17.1 Å². The third-order valence-corrected chi connectivity index (χ3v) is 5.60. The van der Waals surface area contributed by atoms with E-state index in [0.29, 0.717) is 5.88 Å². The van der Waals surface area contributed by atoms with Crippen LogP contribution in [0.1, 0.15) is 35.0 Å².